The van der Waals surface area contributed by atoms with Gasteiger partial charge in [-0.2, -0.15) is 13.2 Å². The van der Waals surface area contributed by atoms with Crippen LogP contribution < -0.4 is 0 Å². The van der Waals surface area contributed by atoms with Gasteiger partial charge in [0.2, 0.25) is 0 Å². The van der Waals surface area contributed by atoms with E-state index in [0.717, 1.165) is 0 Å². The van der Waals surface area contributed by atoms with E-state index in [-0.39, 0.29) is 5.02 Å². The minimum absolute atomic E-state index is 0.386. The highest BCUT2D eigenvalue weighted by Gasteiger charge is 2.42. The lowest BCUT2D eigenvalue weighted by molar-refractivity contribution is -0.208. The van der Waals surface area contributed by atoms with Crippen molar-refractivity contribution in [1.29, 1.82) is 0 Å². The normalized spacial score (nSPS) is 14.1. The first kappa shape index (κ1) is 12.2. The largest absolute Gasteiger partial charge is 0.418 e. The van der Waals surface area contributed by atoms with E-state index in [9.17, 15) is 22.0 Å². The van der Waals surface area contributed by atoms with E-state index in [1.54, 1.807) is 0 Å². The van der Waals surface area contributed by atoms with E-state index in [4.69, 9.17) is 16.7 Å². The smallest absolute Gasteiger partial charge is 0.379 e. The standard InChI is InChI=1S/C8H4ClF5O/c9-3-1-4(10)6(5(11)2-3)7(15)8(12,13)14/h1-2,7,15H. The van der Waals surface area contributed by atoms with Gasteiger partial charge < -0.3 is 5.11 Å². The molecule has 0 heterocycles. The van der Waals surface area contributed by atoms with Gasteiger partial charge in [-0.25, -0.2) is 8.78 Å². The zero-order chi connectivity index (χ0) is 11.8. The molecule has 0 saturated heterocycles. The van der Waals surface area contributed by atoms with Crippen molar-refractivity contribution in [2.45, 2.75) is 12.3 Å². The maximum absolute atomic E-state index is 12.9. The van der Waals surface area contributed by atoms with E-state index in [1.807, 2.05) is 0 Å². The van der Waals surface area contributed by atoms with Gasteiger partial charge in [0.15, 0.2) is 6.10 Å². The molecule has 0 saturated carbocycles. The minimum Gasteiger partial charge on any atom is -0.379 e. The van der Waals surface area contributed by atoms with Gasteiger partial charge in [0, 0.05) is 5.02 Å². The molecule has 7 heteroatoms. The quantitative estimate of drug-likeness (QED) is 0.755. The van der Waals surface area contributed by atoms with Gasteiger partial charge in [-0.05, 0) is 12.1 Å². The molecule has 0 aliphatic carbocycles. The second kappa shape index (κ2) is 3.94. The van der Waals surface area contributed by atoms with E-state index < -0.39 is 29.5 Å². The summed E-state index contributed by atoms with van der Waals surface area (Å²) in [5.74, 6) is -3.07. The van der Waals surface area contributed by atoms with Gasteiger partial charge in [0.1, 0.15) is 11.6 Å². The first-order valence-corrected chi connectivity index (χ1v) is 4.00. The molecule has 0 radical (unpaired) electrons. The Labute approximate surface area is 86.1 Å². The fraction of sp³-hybridized carbons (Fsp3) is 0.250. The molecule has 0 aliphatic rings. The molecule has 0 fully saturated rings. The average molecular weight is 247 g/mol. The number of halogens is 6. The molecule has 0 spiro atoms. The van der Waals surface area contributed by atoms with Gasteiger partial charge in [0.05, 0.1) is 5.56 Å². The van der Waals surface area contributed by atoms with Gasteiger partial charge >= 0.3 is 6.18 Å². The molecule has 1 aromatic carbocycles. The molecule has 84 valence electrons. The van der Waals surface area contributed by atoms with Crippen molar-refractivity contribution < 1.29 is 27.1 Å². The molecule has 1 atom stereocenters. The second-order valence-electron chi connectivity index (χ2n) is 2.73. The fourth-order valence-corrected chi connectivity index (χ4v) is 1.17. The van der Waals surface area contributed by atoms with Crippen molar-refractivity contribution in [1.82, 2.24) is 0 Å². The van der Waals surface area contributed by atoms with Gasteiger partial charge in [0.25, 0.3) is 0 Å². The van der Waals surface area contributed by atoms with E-state index >= 15 is 0 Å². The van der Waals surface area contributed by atoms with Crippen molar-refractivity contribution in [3.8, 4) is 0 Å². The van der Waals surface area contributed by atoms with Crippen molar-refractivity contribution in [2.75, 3.05) is 0 Å². The highest BCUT2D eigenvalue weighted by molar-refractivity contribution is 6.30. The van der Waals surface area contributed by atoms with Gasteiger partial charge in [-0.15, -0.1) is 0 Å². The lowest BCUT2D eigenvalue weighted by Crippen LogP contribution is -2.22. The molecular weight excluding hydrogens is 243 g/mol. The molecular formula is C8H4ClF5O. The molecule has 1 aromatic rings. The van der Waals surface area contributed by atoms with Crippen LogP contribution in [-0.4, -0.2) is 11.3 Å². The Kier molecular flexibility index (Phi) is 3.20. The summed E-state index contributed by atoms with van der Waals surface area (Å²) in [7, 11) is 0. The lowest BCUT2D eigenvalue weighted by atomic mass is 10.1. The summed E-state index contributed by atoms with van der Waals surface area (Å²) in [4.78, 5) is 0. The third-order valence-corrected chi connectivity index (χ3v) is 1.85. The predicted octanol–water partition coefficient (Wildman–Crippen LogP) is 3.21. The van der Waals surface area contributed by atoms with Crippen LogP contribution in [0.1, 0.15) is 11.7 Å². The number of aliphatic hydroxyl groups is 1. The summed E-state index contributed by atoms with van der Waals surface area (Å²) >= 11 is 5.20. The first-order valence-electron chi connectivity index (χ1n) is 3.62. The Hall–Kier alpha value is -0.880. The molecule has 0 aromatic heterocycles. The van der Waals surface area contributed by atoms with Crippen LogP contribution >= 0.6 is 11.6 Å². The van der Waals surface area contributed by atoms with Crippen LogP contribution in [0.2, 0.25) is 5.02 Å². The zero-order valence-electron chi connectivity index (χ0n) is 6.95. The molecule has 1 unspecified atom stereocenters. The van der Waals surface area contributed by atoms with Crippen molar-refractivity contribution >= 4 is 11.6 Å². The summed E-state index contributed by atoms with van der Waals surface area (Å²) in [6.07, 6.45) is -8.33. The molecule has 15 heavy (non-hydrogen) atoms. The van der Waals surface area contributed by atoms with E-state index in [2.05, 4.69) is 0 Å². The first-order chi connectivity index (χ1) is 6.73. The number of rotatable bonds is 1. The van der Waals surface area contributed by atoms with E-state index in [1.165, 1.54) is 0 Å². The molecule has 0 amide bonds. The fourth-order valence-electron chi connectivity index (χ4n) is 0.978. The zero-order valence-corrected chi connectivity index (χ0v) is 7.70. The summed E-state index contributed by atoms with van der Waals surface area (Å²) in [5, 5.41) is 8.28. The minimum atomic E-state index is -5.13. The predicted molar refractivity (Wildman–Crippen MR) is 42.4 cm³/mol. The highest BCUT2D eigenvalue weighted by atomic mass is 35.5. The number of hydrogen-bond acceptors (Lipinski definition) is 1. The Morgan fingerprint density at radius 2 is 1.53 bits per heavy atom. The van der Waals surface area contributed by atoms with Crippen LogP contribution in [0.25, 0.3) is 0 Å². The van der Waals surface area contributed by atoms with Crippen molar-refractivity contribution in [3.63, 3.8) is 0 Å². The monoisotopic (exact) mass is 246 g/mol. The maximum atomic E-state index is 12.9. The van der Waals surface area contributed by atoms with Crippen LogP contribution in [0.4, 0.5) is 22.0 Å². The number of benzene rings is 1. The Bertz CT molecular complexity index is 353. The summed E-state index contributed by atoms with van der Waals surface area (Å²) < 4.78 is 61.8. The topological polar surface area (TPSA) is 20.2 Å². The highest BCUT2D eigenvalue weighted by Crippen LogP contribution is 2.35. The SMILES string of the molecule is OC(c1c(F)cc(Cl)cc1F)C(F)(F)F. The maximum Gasteiger partial charge on any atom is 0.418 e. The number of alkyl halides is 3. The van der Waals surface area contributed by atoms with Crippen LogP contribution in [0.15, 0.2) is 12.1 Å². The summed E-state index contributed by atoms with van der Waals surface area (Å²) in [6, 6.07) is 0.990. The molecule has 1 N–H and O–H groups in total. The van der Waals surface area contributed by atoms with Crippen LogP contribution in [0, 0.1) is 11.6 Å². The molecule has 0 aliphatic heterocycles. The number of hydrogen-bond donors (Lipinski definition) is 1. The van der Waals surface area contributed by atoms with Crippen LogP contribution in [-0.2, 0) is 0 Å². The van der Waals surface area contributed by atoms with Crippen molar-refractivity contribution in [3.05, 3.63) is 34.4 Å². The van der Waals surface area contributed by atoms with Crippen LogP contribution in [0.3, 0.4) is 0 Å². The summed E-state index contributed by atoms with van der Waals surface area (Å²) in [5.41, 5.74) is -1.45. The third kappa shape index (κ3) is 2.57. The average Bonchev–Trinajstić information content (AvgIpc) is 1.99. The Balaban J connectivity index is 3.26. The van der Waals surface area contributed by atoms with Crippen molar-refractivity contribution in [2.24, 2.45) is 0 Å². The molecule has 1 nitrogen and oxygen atoms in total. The molecule has 1 rings (SSSR count). The van der Waals surface area contributed by atoms with Gasteiger partial charge in [-0.1, -0.05) is 11.6 Å². The van der Waals surface area contributed by atoms with Crippen LogP contribution in [0.5, 0.6) is 0 Å². The summed E-state index contributed by atoms with van der Waals surface area (Å²) in [6.45, 7) is 0. The molecule has 0 bridgehead atoms. The number of aliphatic hydroxyl groups excluding tert-OH is 1. The van der Waals surface area contributed by atoms with Gasteiger partial charge in [-0.3, -0.25) is 0 Å². The second-order valence-corrected chi connectivity index (χ2v) is 3.16. The Morgan fingerprint density at radius 1 is 1.13 bits per heavy atom. The third-order valence-electron chi connectivity index (χ3n) is 1.63. The van der Waals surface area contributed by atoms with E-state index in [0.29, 0.717) is 12.1 Å². The Morgan fingerprint density at radius 3 is 1.87 bits per heavy atom. The lowest BCUT2D eigenvalue weighted by Gasteiger charge is -2.16.